The molecule has 0 spiro atoms. The molecule has 0 fully saturated rings. The summed E-state index contributed by atoms with van der Waals surface area (Å²) in [5, 5.41) is 1.37. The van der Waals surface area contributed by atoms with E-state index >= 15 is 0 Å². The molecule has 0 saturated carbocycles. The van der Waals surface area contributed by atoms with Crippen LogP contribution in [0.1, 0.15) is 72.1 Å². The van der Waals surface area contributed by atoms with E-state index in [2.05, 4.69) is 126 Å². The van der Waals surface area contributed by atoms with Gasteiger partial charge in [-0.25, -0.2) is 0 Å². The first-order chi connectivity index (χ1) is 18.9. The maximum absolute atomic E-state index is 6.68. The first-order valence-electron chi connectivity index (χ1n) is 14.1. The van der Waals surface area contributed by atoms with Crippen molar-refractivity contribution in [2.75, 3.05) is 7.05 Å². The number of hydrogen-bond acceptors (Lipinski definition) is 2. The molecule has 4 aromatic rings. The number of aryl methyl sites for hydroxylation is 3. The van der Waals surface area contributed by atoms with Crippen molar-refractivity contribution in [1.82, 2.24) is 0 Å². The van der Waals surface area contributed by atoms with Crippen molar-refractivity contribution in [3.05, 3.63) is 130 Å². The molecule has 3 heteroatoms. The predicted molar refractivity (Wildman–Crippen MR) is 171 cm³/mol. The van der Waals surface area contributed by atoms with Gasteiger partial charge in [-0.15, -0.1) is 0 Å². The van der Waals surface area contributed by atoms with Crippen LogP contribution in [0.15, 0.2) is 96.0 Å². The Morgan fingerprint density at radius 3 is 2.15 bits per heavy atom. The molecular formula is C36H42NOP. The van der Waals surface area contributed by atoms with Gasteiger partial charge >= 0.3 is 0 Å². The fraction of sp³-hybridized carbons (Fsp3) is 0.306. The summed E-state index contributed by atoms with van der Waals surface area (Å²) in [5.74, 6) is 1.05. The van der Waals surface area contributed by atoms with Crippen LogP contribution in [-0.2, 0) is 11.8 Å². The van der Waals surface area contributed by atoms with E-state index in [0.717, 1.165) is 36.3 Å². The van der Waals surface area contributed by atoms with E-state index in [1.165, 1.54) is 38.7 Å². The second-order valence-corrected chi connectivity index (χ2v) is 12.2. The number of aliphatic imine (C=N–C) groups is 1. The van der Waals surface area contributed by atoms with Gasteiger partial charge in [0, 0.05) is 28.9 Å². The van der Waals surface area contributed by atoms with E-state index in [1.54, 1.807) is 0 Å². The quantitative estimate of drug-likeness (QED) is 0.139. The first kappa shape index (κ1) is 28.8. The van der Waals surface area contributed by atoms with E-state index in [0.29, 0.717) is 15.2 Å². The summed E-state index contributed by atoms with van der Waals surface area (Å²) in [6.45, 7) is 11.9. The molecule has 0 aliphatic rings. The fourth-order valence-electron chi connectivity index (χ4n) is 5.65. The Morgan fingerprint density at radius 1 is 0.821 bits per heavy atom. The number of rotatable bonds is 11. The molecule has 2 unspecified atom stereocenters. The van der Waals surface area contributed by atoms with Crippen LogP contribution in [-0.4, -0.2) is 12.8 Å². The van der Waals surface area contributed by atoms with Gasteiger partial charge in [0.1, 0.15) is 12.4 Å². The highest BCUT2D eigenvalue weighted by molar-refractivity contribution is 7.49. The van der Waals surface area contributed by atoms with Crippen LogP contribution < -0.4 is 10.0 Å². The number of nitrogens with zero attached hydrogens (tertiary/aromatic N) is 1. The summed E-state index contributed by atoms with van der Waals surface area (Å²) < 4.78 is 6.68. The van der Waals surface area contributed by atoms with Crippen molar-refractivity contribution >= 4 is 19.6 Å². The van der Waals surface area contributed by atoms with E-state index < -0.39 is 0 Å². The number of benzene rings is 4. The van der Waals surface area contributed by atoms with Crippen molar-refractivity contribution in [3.63, 3.8) is 0 Å². The molecule has 0 saturated heterocycles. The molecule has 4 rings (SSSR count). The Balaban J connectivity index is 1.85. The standard InChI is InChI=1S/C36H42NOP/c1-7-22-36(8-2,32-24-26(3)23-28(5)34(32)38-25-29-17-11-9-12-18-29)39-35-27(4)16-15-21-31(35)33(37-6)30-19-13-10-14-20-30/h9-21,23-24,39H,7-8,22,25H2,1-6H3/b37-33+. The van der Waals surface area contributed by atoms with Crippen molar-refractivity contribution < 1.29 is 4.74 Å². The number of ether oxygens (including phenoxy) is 1. The first-order valence-corrected chi connectivity index (χ1v) is 15.1. The summed E-state index contributed by atoms with van der Waals surface area (Å²) in [5.41, 5.74) is 9.83. The lowest BCUT2D eigenvalue weighted by Gasteiger charge is -2.37. The zero-order valence-electron chi connectivity index (χ0n) is 24.3. The lowest BCUT2D eigenvalue weighted by molar-refractivity contribution is 0.295. The molecular weight excluding hydrogens is 493 g/mol. The molecule has 0 aliphatic carbocycles. The molecule has 0 amide bonds. The maximum atomic E-state index is 6.68. The SMILES string of the molecule is CCCC(CC)(Pc1c(C)cccc1/C(=N/C)c1ccccc1)c1cc(C)cc(C)c1OCc1ccccc1. The second kappa shape index (κ2) is 13.2. The van der Waals surface area contributed by atoms with Gasteiger partial charge in [0.25, 0.3) is 0 Å². The van der Waals surface area contributed by atoms with Crippen molar-refractivity contribution in [1.29, 1.82) is 0 Å². The molecule has 2 atom stereocenters. The smallest absolute Gasteiger partial charge is 0.126 e. The third-order valence-electron chi connectivity index (χ3n) is 7.60. The molecule has 39 heavy (non-hydrogen) atoms. The molecule has 0 aromatic heterocycles. The van der Waals surface area contributed by atoms with E-state index in [4.69, 9.17) is 9.73 Å². The maximum Gasteiger partial charge on any atom is 0.126 e. The van der Waals surface area contributed by atoms with Gasteiger partial charge in [0.15, 0.2) is 0 Å². The monoisotopic (exact) mass is 535 g/mol. The highest BCUT2D eigenvalue weighted by Crippen LogP contribution is 2.52. The Hall–Kier alpha value is -3.22. The van der Waals surface area contributed by atoms with Crippen LogP contribution >= 0.6 is 8.58 Å². The van der Waals surface area contributed by atoms with Crippen molar-refractivity contribution in [2.24, 2.45) is 4.99 Å². The normalized spacial score (nSPS) is 13.5. The van der Waals surface area contributed by atoms with Gasteiger partial charge < -0.3 is 4.74 Å². The average Bonchev–Trinajstić information content (AvgIpc) is 2.95. The highest BCUT2D eigenvalue weighted by atomic mass is 31.1. The third kappa shape index (κ3) is 6.51. The topological polar surface area (TPSA) is 21.6 Å². The molecule has 0 radical (unpaired) electrons. The Labute approximate surface area is 237 Å². The molecule has 2 nitrogen and oxygen atoms in total. The van der Waals surface area contributed by atoms with Crippen LogP contribution in [0, 0.1) is 20.8 Å². The second-order valence-electron chi connectivity index (χ2n) is 10.5. The minimum atomic E-state index is -0.0338. The summed E-state index contributed by atoms with van der Waals surface area (Å²) in [6, 6.07) is 32.4. The van der Waals surface area contributed by atoms with E-state index in [1.807, 2.05) is 7.05 Å². The molecule has 0 bridgehead atoms. The minimum Gasteiger partial charge on any atom is -0.488 e. The summed E-state index contributed by atoms with van der Waals surface area (Å²) in [7, 11) is 2.50. The predicted octanol–water partition coefficient (Wildman–Crippen LogP) is 9.07. The van der Waals surface area contributed by atoms with Gasteiger partial charge in [-0.05, 0) is 55.6 Å². The highest BCUT2D eigenvalue weighted by Gasteiger charge is 2.35. The number of hydrogen-bond donors (Lipinski definition) is 0. The molecule has 0 N–H and O–H groups in total. The fourth-order valence-corrected chi connectivity index (χ4v) is 7.62. The van der Waals surface area contributed by atoms with Gasteiger partial charge in [0.05, 0.1) is 5.71 Å². The Morgan fingerprint density at radius 2 is 1.51 bits per heavy atom. The molecule has 0 heterocycles. The van der Waals surface area contributed by atoms with Gasteiger partial charge in [-0.2, -0.15) is 0 Å². The minimum absolute atomic E-state index is 0.0338. The van der Waals surface area contributed by atoms with Gasteiger partial charge in [-0.1, -0.05) is 125 Å². The lowest BCUT2D eigenvalue weighted by atomic mass is 9.87. The Bertz CT molecular complexity index is 1410. The van der Waals surface area contributed by atoms with Crippen LogP contribution in [0.25, 0.3) is 0 Å². The van der Waals surface area contributed by atoms with Crippen LogP contribution in [0.3, 0.4) is 0 Å². The van der Waals surface area contributed by atoms with E-state index in [9.17, 15) is 0 Å². The van der Waals surface area contributed by atoms with Crippen molar-refractivity contribution in [3.8, 4) is 5.75 Å². The molecule has 0 aliphatic heterocycles. The average molecular weight is 536 g/mol. The van der Waals surface area contributed by atoms with Gasteiger partial charge in [0.2, 0.25) is 0 Å². The van der Waals surface area contributed by atoms with Crippen molar-refractivity contribution in [2.45, 2.75) is 65.6 Å². The molecule has 4 aromatic carbocycles. The zero-order chi connectivity index (χ0) is 27.8. The molecule has 202 valence electrons. The van der Waals surface area contributed by atoms with E-state index in [-0.39, 0.29) is 5.16 Å². The third-order valence-corrected chi connectivity index (χ3v) is 9.87. The summed E-state index contributed by atoms with van der Waals surface area (Å²) in [4.78, 5) is 4.81. The van der Waals surface area contributed by atoms with Crippen LogP contribution in [0.4, 0.5) is 0 Å². The Kier molecular flexibility index (Phi) is 9.76. The summed E-state index contributed by atoms with van der Waals surface area (Å²) >= 11 is 0. The van der Waals surface area contributed by atoms with Crippen LogP contribution in [0.2, 0.25) is 0 Å². The zero-order valence-corrected chi connectivity index (χ0v) is 25.3. The lowest BCUT2D eigenvalue weighted by Crippen LogP contribution is -2.27. The van der Waals surface area contributed by atoms with Gasteiger partial charge in [-0.3, -0.25) is 4.99 Å². The van der Waals surface area contributed by atoms with Crippen LogP contribution in [0.5, 0.6) is 5.75 Å². The largest absolute Gasteiger partial charge is 0.488 e. The summed E-state index contributed by atoms with van der Waals surface area (Å²) in [6.07, 6.45) is 3.26.